The van der Waals surface area contributed by atoms with Crippen LogP contribution in [-0.2, 0) is 16.0 Å². The van der Waals surface area contributed by atoms with Gasteiger partial charge in [-0.1, -0.05) is 24.3 Å². The number of hydrogen-bond donors (Lipinski definition) is 1. The first-order valence-corrected chi connectivity index (χ1v) is 7.76. The second-order valence-electron chi connectivity index (χ2n) is 5.82. The minimum Gasteiger partial charge on any atom is -0.375 e. The van der Waals surface area contributed by atoms with Crippen molar-refractivity contribution >= 4 is 5.91 Å². The topological polar surface area (TPSA) is 41.6 Å². The van der Waals surface area contributed by atoms with Crippen LogP contribution in [0, 0.1) is 6.92 Å². The molecular weight excluding hydrogens is 264 g/mol. The standard InChI is InChI=1S/C17H26N2O2/c1-14-5-3-4-6-15(14)7-8-17(20)18-10-9-16-13-19(2)11-12-21-16/h3-6,16H,7-13H2,1-2H3,(H,18,20)/t16-/m0/s1. The van der Waals surface area contributed by atoms with E-state index in [1.165, 1.54) is 11.1 Å². The average molecular weight is 290 g/mol. The fourth-order valence-electron chi connectivity index (χ4n) is 2.64. The summed E-state index contributed by atoms with van der Waals surface area (Å²) < 4.78 is 5.68. The van der Waals surface area contributed by atoms with Crippen LogP contribution >= 0.6 is 0 Å². The van der Waals surface area contributed by atoms with Gasteiger partial charge in [0.25, 0.3) is 0 Å². The average Bonchev–Trinajstić information content (AvgIpc) is 2.46. The molecule has 1 aromatic rings. The van der Waals surface area contributed by atoms with Gasteiger partial charge >= 0.3 is 0 Å². The van der Waals surface area contributed by atoms with Gasteiger partial charge in [-0.15, -0.1) is 0 Å². The number of carbonyl (C=O) groups is 1. The Bertz CT molecular complexity index is 462. The van der Waals surface area contributed by atoms with Gasteiger partial charge in [0.2, 0.25) is 5.91 Å². The highest BCUT2D eigenvalue weighted by Gasteiger charge is 2.17. The first-order chi connectivity index (χ1) is 10.1. The van der Waals surface area contributed by atoms with E-state index in [0.717, 1.165) is 32.5 Å². The van der Waals surface area contributed by atoms with Crippen molar-refractivity contribution in [2.75, 3.05) is 33.3 Å². The van der Waals surface area contributed by atoms with Crippen LogP contribution < -0.4 is 5.32 Å². The second kappa shape index (κ2) is 8.15. The molecule has 1 aliphatic heterocycles. The van der Waals surface area contributed by atoms with E-state index < -0.39 is 0 Å². The Hall–Kier alpha value is -1.39. The molecule has 1 aliphatic rings. The molecule has 0 aliphatic carbocycles. The predicted octanol–water partition coefficient (Wildman–Crippen LogP) is 1.76. The molecule has 0 radical (unpaired) electrons. The largest absolute Gasteiger partial charge is 0.375 e. The van der Waals surface area contributed by atoms with Crippen molar-refractivity contribution in [3.05, 3.63) is 35.4 Å². The molecule has 1 N–H and O–H groups in total. The number of carbonyl (C=O) groups excluding carboxylic acids is 1. The quantitative estimate of drug-likeness (QED) is 0.868. The van der Waals surface area contributed by atoms with Crippen LogP contribution in [0.1, 0.15) is 24.0 Å². The lowest BCUT2D eigenvalue weighted by Gasteiger charge is -2.30. The summed E-state index contributed by atoms with van der Waals surface area (Å²) in [7, 11) is 2.11. The molecule has 0 spiro atoms. The number of ether oxygens (including phenoxy) is 1. The highest BCUT2D eigenvalue weighted by atomic mass is 16.5. The number of rotatable bonds is 6. The molecule has 4 nitrogen and oxygen atoms in total. The summed E-state index contributed by atoms with van der Waals surface area (Å²) in [6.45, 7) is 5.54. The number of nitrogens with one attached hydrogen (secondary N) is 1. The molecule has 4 heteroatoms. The molecule has 1 aromatic carbocycles. The molecule has 116 valence electrons. The normalized spacial score (nSPS) is 19.4. The zero-order chi connectivity index (χ0) is 15.1. The van der Waals surface area contributed by atoms with Crippen molar-refractivity contribution in [2.24, 2.45) is 0 Å². The lowest BCUT2D eigenvalue weighted by Crippen LogP contribution is -2.41. The Morgan fingerprint density at radius 2 is 2.24 bits per heavy atom. The smallest absolute Gasteiger partial charge is 0.220 e. The third kappa shape index (κ3) is 5.48. The van der Waals surface area contributed by atoms with Gasteiger partial charge in [-0.25, -0.2) is 0 Å². The van der Waals surface area contributed by atoms with Crippen molar-refractivity contribution in [2.45, 2.75) is 32.3 Å². The van der Waals surface area contributed by atoms with Gasteiger partial charge in [0.15, 0.2) is 0 Å². The van der Waals surface area contributed by atoms with Gasteiger partial charge in [-0.3, -0.25) is 4.79 Å². The van der Waals surface area contributed by atoms with Crippen LogP contribution in [0.4, 0.5) is 0 Å². The van der Waals surface area contributed by atoms with Crippen molar-refractivity contribution in [3.63, 3.8) is 0 Å². The summed E-state index contributed by atoms with van der Waals surface area (Å²) in [5.74, 6) is 0.127. The third-order valence-corrected chi connectivity index (χ3v) is 4.01. The summed E-state index contributed by atoms with van der Waals surface area (Å²) >= 11 is 0. The van der Waals surface area contributed by atoms with E-state index in [2.05, 4.69) is 36.3 Å². The van der Waals surface area contributed by atoms with E-state index >= 15 is 0 Å². The van der Waals surface area contributed by atoms with Gasteiger partial charge in [-0.2, -0.15) is 0 Å². The number of likely N-dealkylation sites (N-methyl/N-ethyl adjacent to an activating group) is 1. The first kappa shape index (κ1) is 16.0. The van der Waals surface area contributed by atoms with Crippen LogP contribution in [0.5, 0.6) is 0 Å². The fraction of sp³-hybridized carbons (Fsp3) is 0.588. The van der Waals surface area contributed by atoms with Crippen LogP contribution in [0.3, 0.4) is 0 Å². The SMILES string of the molecule is Cc1ccccc1CCC(=O)NCC[C@H]1CN(C)CCO1. The van der Waals surface area contributed by atoms with E-state index in [9.17, 15) is 4.79 Å². The molecule has 0 saturated carbocycles. The summed E-state index contributed by atoms with van der Waals surface area (Å²) in [5, 5.41) is 3.00. The van der Waals surface area contributed by atoms with Crippen LogP contribution in [0.25, 0.3) is 0 Å². The first-order valence-electron chi connectivity index (χ1n) is 7.76. The lowest BCUT2D eigenvalue weighted by molar-refractivity contribution is -0.121. The van der Waals surface area contributed by atoms with E-state index in [0.29, 0.717) is 13.0 Å². The summed E-state index contributed by atoms with van der Waals surface area (Å²) in [6, 6.07) is 8.23. The molecule has 1 atom stereocenters. The number of nitrogens with zero attached hydrogens (tertiary/aromatic N) is 1. The Kier molecular flexibility index (Phi) is 6.21. The number of benzene rings is 1. The molecule has 21 heavy (non-hydrogen) atoms. The lowest BCUT2D eigenvalue weighted by atomic mass is 10.0. The number of hydrogen-bond acceptors (Lipinski definition) is 3. The number of amides is 1. The van der Waals surface area contributed by atoms with Crippen LogP contribution in [0.2, 0.25) is 0 Å². The highest BCUT2D eigenvalue weighted by Crippen LogP contribution is 2.09. The third-order valence-electron chi connectivity index (χ3n) is 4.01. The van der Waals surface area contributed by atoms with E-state index in [1.807, 2.05) is 12.1 Å². The van der Waals surface area contributed by atoms with Gasteiger partial charge in [0, 0.05) is 26.1 Å². The Morgan fingerprint density at radius 3 is 3.00 bits per heavy atom. The van der Waals surface area contributed by atoms with Gasteiger partial charge in [0.1, 0.15) is 0 Å². The summed E-state index contributed by atoms with van der Waals surface area (Å²) in [4.78, 5) is 14.1. The molecule has 1 heterocycles. The Labute approximate surface area is 127 Å². The van der Waals surface area contributed by atoms with E-state index in [4.69, 9.17) is 4.74 Å². The van der Waals surface area contributed by atoms with Crippen molar-refractivity contribution in [3.8, 4) is 0 Å². The fourth-order valence-corrected chi connectivity index (χ4v) is 2.64. The minimum absolute atomic E-state index is 0.127. The van der Waals surface area contributed by atoms with Crippen LogP contribution in [-0.4, -0.2) is 50.2 Å². The number of aryl methyl sites for hydroxylation is 2. The molecule has 1 amide bonds. The molecule has 0 bridgehead atoms. The predicted molar refractivity (Wildman–Crippen MR) is 84.4 cm³/mol. The van der Waals surface area contributed by atoms with Crippen molar-refractivity contribution < 1.29 is 9.53 Å². The zero-order valence-electron chi connectivity index (χ0n) is 13.1. The monoisotopic (exact) mass is 290 g/mol. The maximum absolute atomic E-state index is 11.9. The zero-order valence-corrected chi connectivity index (χ0v) is 13.1. The molecule has 1 fully saturated rings. The maximum atomic E-state index is 11.9. The van der Waals surface area contributed by atoms with Gasteiger partial charge < -0.3 is 15.0 Å². The number of morpholine rings is 1. The molecular formula is C17H26N2O2. The molecule has 1 saturated heterocycles. The van der Waals surface area contributed by atoms with E-state index in [1.54, 1.807) is 0 Å². The Balaban J connectivity index is 1.62. The highest BCUT2D eigenvalue weighted by molar-refractivity contribution is 5.76. The maximum Gasteiger partial charge on any atom is 0.220 e. The molecule has 0 aromatic heterocycles. The van der Waals surface area contributed by atoms with Crippen molar-refractivity contribution in [1.82, 2.24) is 10.2 Å². The molecule has 0 unspecified atom stereocenters. The van der Waals surface area contributed by atoms with Gasteiger partial charge in [-0.05, 0) is 37.9 Å². The van der Waals surface area contributed by atoms with Gasteiger partial charge in [0.05, 0.1) is 12.7 Å². The second-order valence-corrected chi connectivity index (χ2v) is 5.82. The molecule has 2 rings (SSSR count). The van der Waals surface area contributed by atoms with Crippen molar-refractivity contribution in [1.29, 1.82) is 0 Å². The van der Waals surface area contributed by atoms with E-state index in [-0.39, 0.29) is 12.0 Å². The summed E-state index contributed by atoms with van der Waals surface area (Å²) in [5.41, 5.74) is 2.51. The minimum atomic E-state index is 0.127. The Morgan fingerprint density at radius 1 is 1.43 bits per heavy atom. The van der Waals surface area contributed by atoms with Crippen LogP contribution in [0.15, 0.2) is 24.3 Å². The summed E-state index contributed by atoms with van der Waals surface area (Å²) in [6.07, 6.45) is 2.50.